The van der Waals surface area contributed by atoms with Gasteiger partial charge in [-0.05, 0) is 47.9 Å². The quantitative estimate of drug-likeness (QED) is 0.890. The van der Waals surface area contributed by atoms with Gasteiger partial charge in [-0.3, -0.25) is 4.90 Å². The summed E-state index contributed by atoms with van der Waals surface area (Å²) < 4.78 is 13.2. The minimum Gasteiger partial charge on any atom is -0.326 e. The molecule has 3 rings (SSSR count). The second-order valence-electron chi connectivity index (χ2n) is 5.76. The number of halogens is 1. The average Bonchev–Trinajstić information content (AvgIpc) is 2.92. The van der Waals surface area contributed by atoms with Crippen LogP contribution in [0.4, 0.5) is 4.39 Å². The molecule has 2 aliphatic rings. The summed E-state index contributed by atoms with van der Waals surface area (Å²) in [5, 5.41) is 0. The van der Waals surface area contributed by atoms with Crippen molar-refractivity contribution in [3.8, 4) is 0 Å². The third-order valence-electron chi connectivity index (χ3n) is 4.58. The fourth-order valence-electron chi connectivity index (χ4n) is 3.64. The van der Waals surface area contributed by atoms with E-state index in [1.54, 1.807) is 12.1 Å². The summed E-state index contributed by atoms with van der Waals surface area (Å²) in [6, 6.07) is 5.02. The number of rotatable bonds is 3. The molecular weight excluding hydrogens is 227 g/mol. The van der Waals surface area contributed by atoms with Gasteiger partial charge in [0.2, 0.25) is 0 Å². The third-order valence-corrected chi connectivity index (χ3v) is 4.58. The molecule has 1 aliphatic heterocycles. The molecular formula is C15H21FN2. The van der Waals surface area contributed by atoms with E-state index < -0.39 is 0 Å². The van der Waals surface area contributed by atoms with Crippen LogP contribution in [-0.2, 0) is 13.1 Å². The van der Waals surface area contributed by atoms with E-state index in [2.05, 4.69) is 4.90 Å². The molecule has 0 amide bonds. The number of nitrogens with two attached hydrogens (primary N) is 1. The number of likely N-dealkylation sites (tertiary alicyclic amines) is 1. The topological polar surface area (TPSA) is 29.3 Å². The number of benzene rings is 1. The summed E-state index contributed by atoms with van der Waals surface area (Å²) >= 11 is 0. The van der Waals surface area contributed by atoms with Crippen LogP contribution >= 0.6 is 0 Å². The minimum atomic E-state index is -0.183. The van der Waals surface area contributed by atoms with Crippen molar-refractivity contribution in [2.45, 2.75) is 32.4 Å². The molecule has 1 aromatic carbocycles. The smallest absolute Gasteiger partial charge is 0.123 e. The molecule has 1 saturated heterocycles. The summed E-state index contributed by atoms with van der Waals surface area (Å²) in [6.07, 6.45) is 4.20. The number of hydrogen-bond donors (Lipinski definition) is 1. The molecule has 98 valence electrons. The molecule has 1 heterocycles. The predicted molar refractivity (Wildman–Crippen MR) is 70.4 cm³/mol. The van der Waals surface area contributed by atoms with Crippen LogP contribution in [0, 0.1) is 17.7 Å². The fourth-order valence-corrected chi connectivity index (χ4v) is 3.64. The van der Waals surface area contributed by atoms with Crippen LogP contribution in [0.3, 0.4) is 0 Å². The van der Waals surface area contributed by atoms with Crippen molar-refractivity contribution >= 4 is 0 Å². The first kappa shape index (κ1) is 12.1. The van der Waals surface area contributed by atoms with Gasteiger partial charge in [0.05, 0.1) is 0 Å². The zero-order valence-electron chi connectivity index (χ0n) is 10.7. The van der Waals surface area contributed by atoms with Gasteiger partial charge in [-0.25, -0.2) is 4.39 Å². The molecule has 2 atom stereocenters. The van der Waals surface area contributed by atoms with Crippen LogP contribution in [0.2, 0.25) is 0 Å². The second kappa shape index (κ2) is 4.98. The Kier molecular flexibility index (Phi) is 3.35. The Morgan fingerprint density at radius 3 is 2.56 bits per heavy atom. The van der Waals surface area contributed by atoms with E-state index in [-0.39, 0.29) is 5.82 Å². The Morgan fingerprint density at radius 2 is 1.89 bits per heavy atom. The Hall–Kier alpha value is -0.930. The highest BCUT2D eigenvalue weighted by Crippen LogP contribution is 2.38. The number of hydrogen-bond acceptors (Lipinski definition) is 2. The first-order valence-corrected chi connectivity index (χ1v) is 6.96. The molecule has 0 radical (unpaired) electrons. The zero-order chi connectivity index (χ0) is 12.5. The highest BCUT2D eigenvalue weighted by molar-refractivity contribution is 5.27. The van der Waals surface area contributed by atoms with Crippen molar-refractivity contribution in [2.24, 2.45) is 17.6 Å². The van der Waals surface area contributed by atoms with E-state index in [9.17, 15) is 4.39 Å². The molecule has 18 heavy (non-hydrogen) atoms. The van der Waals surface area contributed by atoms with Crippen molar-refractivity contribution in [1.82, 2.24) is 4.90 Å². The summed E-state index contributed by atoms with van der Waals surface area (Å²) in [7, 11) is 0. The van der Waals surface area contributed by atoms with Crippen molar-refractivity contribution in [3.63, 3.8) is 0 Å². The van der Waals surface area contributed by atoms with Crippen molar-refractivity contribution < 1.29 is 4.39 Å². The van der Waals surface area contributed by atoms with Crippen LogP contribution in [0.1, 0.15) is 30.4 Å². The van der Waals surface area contributed by atoms with Gasteiger partial charge in [0.25, 0.3) is 0 Å². The van der Waals surface area contributed by atoms with E-state index in [1.807, 2.05) is 6.07 Å². The first-order chi connectivity index (χ1) is 8.76. The van der Waals surface area contributed by atoms with Gasteiger partial charge in [0.1, 0.15) is 5.82 Å². The largest absolute Gasteiger partial charge is 0.326 e. The molecule has 0 spiro atoms. The number of fused-ring (bicyclic) bond motifs is 1. The third kappa shape index (κ3) is 2.29. The molecule has 0 bridgehead atoms. The number of nitrogens with zero attached hydrogens (tertiary/aromatic N) is 1. The van der Waals surface area contributed by atoms with E-state index >= 15 is 0 Å². The minimum absolute atomic E-state index is 0.183. The Bertz CT molecular complexity index is 421. The summed E-state index contributed by atoms with van der Waals surface area (Å²) in [4.78, 5) is 2.51. The van der Waals surface area contributed by atoms with Crippen LogP contribution in [0.25, 0.3) is 0 Å². The van der Waals surface area contributed by atoms with Gasteiger partial charge >= 0.3 is 0 Å². The monoisotopic (exact) mass is 248 g/mol. The fraction of sp³-hybridized carbons (Fsp3) is 0.600. The maximum atomic E-state index is 13.2. The Morgan fingerprint density at radius 1 is 1.17 bits per heavy atom. The lowest BCUT2D eigenvalue weighted by Gasteiger charge is -2.18. The van der Waals surface area contributed by atoms with Gasteiger partial charge in [-0.15, -0.1) is 0 Å². The summed E-state index contributed by atoms with van der Waals surface area (Å²) in [5.41, 5.74) is 7.84. The summed E-state index contributed by atoms with van der Waals surface area (Å²) in [5.74, 6) is 1.64. The van der Waals surface area contributed by atoms with Gasteiger partial charge in [-0.2, -0.15) is 0 Å². The molecule has 3 heteroatoms. The molecule has 1 aliphatic carbocycles. The lowest BCUT2D eigenvalue weighted by Crippen LogP contribution is -2.22. The standard InChI is InChI=1S/C15H21FN2/c16-15-5-4-13(14(6-15)7-17)10-18-8-11-2-1-3-12(11)9-18/h4-6,11-12H,1-3,7-10,17H2. The molecule has 2 unspecified atom stereocenters. The van der Waals surface area contributed by atoms with E-state index in [1.165, 1.54) is 37.9 Å². The summed E-state index contributed by atoms with van der Waals surface area (Å²) in [6.45, 7) is 3.78. The van der Waals surface area contributed by atoms with Gasteiger partial charge in [0, 0.05) is 26.2 Å². The Labute approximate surface area is 108 Å². The first-order valence-electron chi connectivity index (χ1n) is 6.96. The van der Waals surface area contributed by atoms with Crippen molar-refractivity contribution in [2.75, 3.05) is 13.1 Å². The molecule has 2 fully saturated rings. The normalized spacial score (nSPS) is 27.7. The van der Waals surface area contributed by atoms with E-state index in [0.717, 1.165) is 23.9 Å². The lowest BCUT2D eigenvalue weighted by molar-refractivity contribution is 0.302. The van der Waals surface area contributed by atoms with Gasteiger partial charge in [0.15, 0.2) is 0 Å². The highest BCUT2D eigenvalue weighted by Gasteiger charge is 2.35. The average molecular weight is 248 g/mol. The molecule has 1 saturated carbocycles. The SMILES string of the molecule is NCc1cc(F)ccc1CN1CC2CCCC2C1. The second-order valence-corrected chi connectivity index (χ2v) is 5.76. The Balaban J connectivity index is 1.70. The van der Waals surface area contributed by atoms with Crippen molar-refractivity contribution in [1.29, 1.82) is 0 Å². The van der Waals surface area contributed by atoms with Crippen LogP contribution < -0.4 is 5.73 Å². The maximum Gasteiger partial charge on any atom is 0.123 e. The molecule has 1 aromatic rings. The molecule has 2 N–H and O–H groups in total. The van der Waals surface area contributed by atoms with Crippen LogP contribution in [0.5, 0.6) is 0 Å². The van der Waals surface area contributed by atoms with E-state index in [4.69, 9.17) is 5.73 Å². The zero-order valence-corrected chi connectivity index (χ0v) is 10.7. The van der Waals surface area contributed by atoms with Gasteiger partial charge in [-0.1, -0.05) is 12.5 Å². The van der Waals surface area contributed by atoms with Crippen LogP contribution in [0.15, 0.2) is 18.2 Å². The van der Waals surface area contributed by atoms with Gasteiger partial charge < -0.3 is 5.73 Å². The van der Waals surface area contributed by atoms with E-state index in [0.29, 0.717) is 6.54 Å². The highest BCUT2D eigenvalue weighted by atomic mass is 19.1. The molecule has 0 aromatic heterocycles. The van der Waals surface area contributed by atoms with Crippen molar-refractivity contribution in [3.05, 3.63) is 35.1 Å². The van der Waals surface area contributed by atoms with Crippen LogP contribution in [-0.4, -0.2) is 18.0 Å². The molecule has 2 nitrogen and oxygen atoms in total. The maximum absolute atomic E-state index is 13.2. The predicted octanol–water partition coefficient (Wildman–Crippen LogP) is 2.52. The lowest BCUT2D eigenvalue weighted by atomic mass is 10.0.